The van der Waals surface area contributed by atoms with E-state index in [4.69, 9.17) is 11.6 Å². The van der Waals surface area contributed by atoms with E-state index in [1.165, 1.54) is 48.5 Å². The van der Waals surface area contributed by atoms with E-state index in [0.29, 0.717) is 9.90 Å². The Balaban J connectivity index is 1.94. The van der Waals surface area contributed by atoms with Crippen molar-refractivity contribution >= 4 is 54.4 Å². The summed E-state index contributed by atoms with van der Waals surface area (Å²) in [6, 6.07) is 12.2. The standard InChI is InChI=1S/C17H14ClFN2O4S3/c1-11-6-7-12(20-28(24,25)17-9-8-16(18)26-17)10-15(11)27(22,23)21-14-5-3-2-4-13(14)19/h2-10,20-21H,1H3. The molecule has 3 aromatic rings. The average molecular weight is 461 g/mol. The van der Waals surface area contributed by atoms with Crippen LogP contribution in [0.1, 0.15) is 5.56 Å². The van der Waals surface area contributed by atoms with E-state index in [2.05, 4.69) is 9.44 Å². The average Bonchev–Trinajstić information content (AvgIpc) is 3.06. The summed E-state index contributed by atoms with van der Waals surface area (Å²) in [5, 5.41) is 0. The second-order valence-corrected chi connectivity index (χ2v) is 11.0. The third-order valence-corrected chi connectivity index (χ3v) is 8.27. The molecule has 0 radical (unpaired) electrons. The highest BCUT2D eigenvalue weighted by atomic mass is 35.5. The Labute approximate surface area is 171 Å². The van der Waals surface area contributed by atoms with Crippen LogP contribution >= 0.6 is 22.9 Å². The predicted molar refractivity (Wildman–Crippen MR) is 109 cm³/mol. The van der Waals surface area contributed by atoms with E-state index in [1.807, 2.05) is 0 Å². The van der Waals surface area contributed by atoms with Crippen molar-refractivity contribution < 1.29 is 21.2 Å². The Morgan fingerprint density at radius 1 is 0.929 bits per heavy atom. The Morgan fingerprint density at radius 2 is 1.64 bits per heavy atom. The largest absolute Gasteiger partial charge is 0.279 e. The number of anilines is 2. The molecule has 28 heavy (non-hydrogen) atoms. The molecule has 0 aliphatic carbocycles. The van der Waals surface area contributed by atoms with Crippen LogP contribution in [0.15, 0.2) is 63.7 Å². The molecule has 0 bridgehead atoms. The summed E-state index contributed by atoms with van der Waals surface area (Å²) in [6.07, 6.45) is 0. The number of benzene rings is 2. The molecule has 0 unspecified atom stereocenters. The fraction of sp³-hybridized carbons (Fsp3) is 0.0588. The number of nitrogens with one attached hydrogen (secondary N) is 2. The molecule has 0 spiro atoms. The fourth-order valence-corrected chi connectivity index (χ4v) is 6.22. The molecule has 0 saturated carbocycles. The normalized spacial score (nSPS) is 12.0. The van der Waals surface area contributed by atoms with E-state index in [-0.39, 0.29) is 20.5 Å². The third kappa shape index (κ3) is 4.46. The molecule has 2 N–H and O–H groups in total. The smallest absolute Gasteiger partial charge is 0.271 e. The second kappa shape index (κ2) is 7.70. The van der Waals surface area contributed by atoms with Crippen LogP contribution in [0, 0.1) is 12.7 Å². The van der Waals surface area contributed by atoms with Crippen LogP contribution in [0.5, 0.6) is 0 Å². The molecular weight excluding hydrogens is 447 g/mol. The first kappa shape index (κ1) is 20.6. The van der Waals surface area contributed by atoms with Crippen molar-refractivity contribution in [1.82, 2.24) is 0 Å². The minimum absolute atomic E-state index is 0.00744. The topological polar surface area (TPSA) is 92.3 Å². The van der Waals surface area contributed by atoms with Gasteiger partial charge in [-0.1, -0.05) is 29.8 Å². The lowest BCUT2D eigenvalue weighted by molar-refractivity contribution is 0.597. The Hall–Kier alpha value is -2.14. The first-order chi connectivity index (χ1) is 13.1. The van der Waals surface area contributed by atoms with Gasteiger partial charge in [-0.3, -0.25) is 9.44 Å². The SMILES string of the molecule is Cc1ccc(NS(=O)(=O)c2ccc(Cl)s2)cc1S(=O)(=O)Nc1ccccc1F. The van der Waals surface area contributed by atoms with E-state index in [9.17, 15) is 21.2 Å². The van der Waals surface area contributed by atoms with E-state index >= 15 is 0 Å². The molecule has 1 heterocycles. The summed E-state index contributed by atoms with van der Waals surface area (Å²) >= 11 is 6.65. The van der Waals surface area contributed by atoms with E-state index in [0.717, 1.165) is 17.4 Å². The number of sulfonamides is 2. The molecule has 0 saturated heterocycles. The molecular formula is C17H14ClFN2O4S3. The van der Waals surface area contributed by atoms with Crippen LogP contribution in [0.2, 0.25) is 4.34 Å². The highest BCUT2D eigenvalue weighted by Crippen LogP contribution is 2.29. The summed E-state index contributed by atoms with van der Waals surface area (Å²) in [5.74, 6) is -0.727. The van der Waals surface area contributed by atoms with Gasteiger partial charge in [-0.2, -0.15) is 0 Å². The van der Waals surface area contributed by atoms with Gasteiger partial charge in [0.05, 0.1) is 20.6 Å². The molecule has 148 valence electrons. The number of para-hydroxylation sites is 1. The van der Waals surface area contributed by atoms with Crippen molar-refractivity contribution in [3.63, 3.8) is 0 Å². The highest BCUT2D eigenvalue weighted by Gasteiger charge is 2.22. The minimum atomic E-state index is -4.15. The number of aryl methyl sites for hydroxylation is 1. The maximum Gasteiger partial charge on any atom is 0.271 e. The minimum Gasteiger partial charge on any atom is -0.279 e. The zero-order chi connectivity index (χ0) is 20.5. The van der Waals surface area contributed by atoms with Crippen molar-refractivity contribution in [3.8, 4) is 0 Å². The highest BCUT2D eigenvalue weighted by molar-refractivity contribution is 7.94. The maximum atomic E-state index is 13.8. The zero-order valence-corrected chi connectivity index (χ0v) is 17.5. The summed E-state index contributed by atoms with van der Waals surface area (Å²) in [7, 11) is -8.07. The van der Waals surface area contributed by atoms with Gasteiger partial charge in [0.2, 0.25) is 0 Å². The molecule has 0 atom stereocenters. The first-order valence-electron chi connectivity index (χ1n) is 7.75. The van der Waals surface area contributed by atoms with Gasteiger partial charge in [-0.15, -0.1) is 11.3 Å². The van der Waals surface area contributed by atoms with Crippen LogP contribution in [-0.4, -0.2) is 16.8 Å². The summed E-state index contributed by atoms with van der Waals surface area (Å²) < 4.78 is 68.8. The predicted octanol–water partition coefficient (Wildman–Crippen LogP) is 4.45. The van der Waals surface area contributed by atoms with Crippen LogP contribution in [0.4, 0.5) is 15.8 Å². The van der Waals surface area contributed by atoms with Gasteiger partial charge in [0, 0.05) is 0 Å². The van der Waals surface area contributed by atoms with Crippen molar-refractivity contribution in [2.75, 3.05) is 9.44 Å². The molecule has 3 rings (SSSR count). The summed E-state index contributed by atoms with van der Waals surface area (Å²) in [6.45, 7) is 1.55. The first-order valence-corrected chi connectivity index (χ1v) is 11.9. The summed E-state index contributed by atoms with van der Waals surface area (Å²) in [4.78, 5) is -0.180. The molecule has 0 aliphatic rings. The Morgan fingerprint density at radius 3 is 2.29 bits per heavy atom. The lowest BCUT2D eigenvalue weighted by Crippen LogP contribution is -2.16. The molecule has 2 aromatic carbocycles. The molecule has 11 heteroatoms. The Kier molecular flexibility index (Phi) is 5.67. The maximum absolute atomic E-state index is 13.8. The number of hydrogen-bond donors (Lipinski definition) is 2. The third-order valence-electron chi connectivity index (χ3n) is 3.66. The molecule has 1 aromatic heterocycles. The van der Waals surface area contributed by atoms with Gasteiger partial charge < -0.3 is 0 Å². The van der Waals surface area contributed by atoms with Gasteiger partial charge in [0.25, 0.3) is 20.0 Å². The van der Waals surface area contributed by atoms with Gasteiger partial charge >= 0.3 is 0 Å². The monoisotopic (exact) mass is 460 g/mol. The zero-order valence-electron chi connectivity index (χ0n) is 14.3. The quantitative estimate of drug-likeness (QED) is 0.568. The van der Waals surface area contributed by atoms with Gasteiger partial charge in [0.1, 0.15) is 10.0 Å². The number of thiophene rings is 1. The molecule has 0 fully saturated rings. The van der Waals surface area contributed by atoms with Crippen molar-refractivity contribution in [2.45, 2.75) is 16.0 Å². The fourth-order valence-electron chi connectivity index (χ4n) is 2.34. The van der Waals surface area contributed by atoms with Gasteiger partial charge in [0.15, 0.2) is 0 Å². The van der Waals surface area contributed by atoms with Gasteiger partial charge in [-0.25, -0.2) is 21.2 Å². The van der Waals surface area contributed by atoms with Crippen LogP contribution in [0.25, 0.3) is 0 Å². The lowest BCUT2D eigenvalue weighted by Gasteiger charge is -2.13. The van der Waals surface area contributed by atoms with E-state index < -0.39 is 25.9 Å². The number of halogens is 2. The molecule has 6 nitrogen and oxygen atoms in total. The molecule has 0 aliphatic heterocycles. The molecule has 0 amide bonds. The van der Waals surface area contributed by atoms with Crippen molar-refractivity contribution in [2.24, 2.45) is 0 Å². The Bertz CT molecular complexity index is 1240. The summed E-state index contributed by atoms with van der Waals surface area (Å²) in [5.41, 5.74) is 0.205. The van der Waals surface area contributed by atoms with Crippen LogP contribution < -0.4 is 9.44 Å². The second-order valence-electron chi connectivity index (χ2n) is 5.73. The van der Waals surface area contributed by atoms with E-state index in [1.54, 1.807) is 6.92 Å². The van der Waals surface area contributed by atoms with Crippen molar-refractivity contribution in [1.29, 1.82) is 0 Å². The lowest BCUT2D eigenvalue weighted by atomic mass is 10.2. The van der Waals surface area contributed by atoms with Crippen LogP contribution in [-0.2, 0) is 20.0 Å². The number of rotatable bonds is 6. The van der Waals surface area contributed by atoms with Crippen LogP contribution in [0.3, 0.4) is 0 Å². The van der Waals surface area contributed by atoms with Gasteiger partial charge in [-0.05, 0) is 48.9 Å². The van der Waals surface area contributed by atoms with Crippen molar-refractivity contribution in [3.05, 3.63) is 70.3 Å². The number of hydrogen-bond acceptors (Lipinski definition) is 5.